The van der Waals surface area contributed by atoms with Crippen LogP contribution in [0.25, 0.3) is 0 Å². The molecule has 4 nitrogen and oxygen atoms in total. The lowest BCUT2D eigenvalue weighted by Crippen LogP contribution is -2.51. The molecule has 0 radical (unpaired) electrons. The van der Waals surface area contributed by atoms with Crippen molar-refractivity contribution >= 4 is 0 Å². The lowest BCUT2D eigenvalue weighted by Gasteiger charge is -2.43. The minimum absolute atomic E-state index is 0.0628. The van der Waals surface area contributed by atoms with Gasteiger partial charge in [0, 0.05) is 37.3 Å². The standard InChI is InChI=1S/C19H36N2O2/c1-16-4-2-3-5-18(16)21-10-6-17(7-11-21)20-14-19(15-22)8-12-23-13-9-19/h16-18,20,22H,2-15H2,1H3. The molecule has 0 aromatic heterocycles. The van der Waals surface area contributed by atoms with Crippen molar-refractivity contribution in [2.75, 3.05) is 39.5 Å². The fraction of sp³-hybridized carbons (Fsp3) is 1.00. The van der Waals surface area contributed by atoms with Crippen LogP contribution in [0.5, 0.6) is 0 Å². The first-order chi connectivity index (χ1) is 11.2. The van der Waals surface area contributed by atoms with Crippen LogP contribution in [0.4, 0.5) is 0 Å². The number of rotatable bonds is 5. The molecule has 2 N–H and O–H groups in total. The van der Waals surface area contributed by atoms with Crippen LogP contribution in [0, 0.1) is 11.3 Å². The van der Waals surface area contributed by atoms with E-state index in [1.165, 1.54) is 51.6 Å². The number of likely N-dealkylation sites (tertiary alicyclic amines) is 1. The van der Waals surface area contributed by atoms with Gasteiger partial charge in [0.2, 0.25) is 0 Å². The Kier molecular flexibility index (Phi) is 6.36. The van der Waals surface area contributed by atoms with Crippen molar-refractivity contribution in [1.29, 1.82) is 0 Å². The van der Waals surface area contributed by atoms with Crippen LogP contribution in [0.15, 0.2) is 0 Å². The summed E-state index contributed by atoms with van der Waals surface area (Å²) >= 11 is 0. The molecule has 3 rings (SSSR count). The zero-order chi connectivity index (χ0) is 16.1. The van der Waals surface area contributed by atoms with Gasteiger partial charge in [0.1, 0.15) is 0 Å². The molecule has 3 aliphatic rings. The van der Waals surface area contributed by atoms with Crippen molar-refractivity contribution in [3.05, 3.63) is 0 Å². The molecule has 2 unspecified atom stereocenters. The maximum atomic E-state index is 9.81. The monoisotopic (exact) mass is 324 g/mol. The van der Waals surface area contributed by atoms with Crippen LogP contribution >= 0.6 is 0 Å². The molecule has 1 saturated carbocycles. The van der Waals surface area contributed by atoms with Gasteiger partial charge in [-0.3, -0.25) is 0 Å². The van der Waals surface area contributed by atoms with E-state index >= 15 is 0 Å². The minimum atomic E-state index is 0.0628. The smallest absolute Gasteiger partial charge is 0.0501 e. The Bertz CT molecular complexity index is 349. The van der Waals surface area contributed by atoms with Crippen LogP contribution in [0.1, 0.15) is 58.3 Å². The minimum Gasteiger partial charge on any atom is -0.396 e. The molecule has 2 atom stereocenters. The van der Waals surface area contributed by atoms with Gasteiger partial charge in [0.25, 0.3) is 0 Å². The van der Waals surface area contributed by atoms with Crippen LogP contribution in [0.3, 0.4) is 0 Å². The van der Waals surface area contributed by atoms with E-state index < -0.39 is 0 Å². The Morgan fingerprint density at radius 3 is 2.43 bits per heavy atom. The summed E-state index contributed by atoms with van der Waals surface area (Å²) in [7, 11) is 0. The third-order valence-corrected chi connectivity index (χ3v) is 6.72. The molecule has 2 aliphatic heterocycles. The average molecular weight is 325 g/mol. The number of nitrogens with one attached hydrogen (secondary N) is 1. The van der Waals surface area contributed by atoms with E-state index in [0.29, 0.717) is 12.6 Å². The molecule has 134 valence electrons. The number of hydrogen-bond acceptors (Lipinski definition) is 4. The highest BCUT2D eigenvalue weighted by Crippen LogP contribution is 2.31. The zero-order valence-corrected chi connectivity index (χ0v) is 14.9. The summed E-state index contributed by atoms with van der Waals surface area (Å²) in [5, 5.41) is 13.6. The van der Waals surface area contributed by atoms with Crippen molar-refractivity contribution < 1.29 is 9.84 Å². The molecule has 0 aromatic carbocycles. The summed E-state index contributed by atoms with van der Waals surface area (Å²) < 4.78 is 5.46. The Morgan fingerprint density at radius 2 is 1.78 bits per heavy atom. The Morgan fingerprint density at radius 1 is 1.09 bits per heavy atom. The normalized spacial score (nSPS) is 33.7. The molecule has 23 heavy (non-hydrogen) atoms. The van der Waals surface area contributed by atoms with Gasteiger partial charge in [-0.2, -0.15) is 0 Å². The summed E-state index contributed by atoms with van der Waals surface area (Å²) in [6, 6.07) is 1.47. The van der Waals surface area contributed by atoms with Crippen molar-refractivity contribution in [1.82, 2.24) is 10.2 Å². The number of piperidine rings is 1. The van der Waals surface area contributed by atoms with Crippen LogP contribution in [-0.2, 0) is 4.74 Å². The van der Waals surface area contributed by atoms with Gasteiger partial charge in [0.05, 0.1) is 6.61 Å². The molecule has 1 aliphatic carbocycles. The van der Waals surface area contributed by atoms with Crippen molar-refractivity contribution in [2.45, 2.75) is 70.4 Å². The van der Waals surface area contributed by atoms with E-state index in [9.17, 15) is 5.11 Å². The van der Waals surface area contributed by atoms with E-state index in [1.807, 2.05) is 0 Å². The van der Waals surface area contributed by atoms with Gasteiger partial charge >= 0.3 is 0 Å². The van der Waals surface area contributed by atoms with Crippen LogP contribution in [0.2, 0.25) is 0 Å². The number of ether oxygens (including phenoxy) is 1. The summed E-state index contributed by atoms with van der Waals surface area (Å²) in [5.74, 6) is 0.883. The van der Waals surface area contributed by atoms with Crippen molar-refractivity contribution in [3.63, 3.8) is 0 Å². The van der Waals surface area contributed by atoms with Gasteiger partial charge < -0.3 is 20.1 Å². The highest BCUT2D eigenvalue weighted by molar-refractivity contribution is 4.89. The number of aliphatic hydroxyl groups excluding tert-OH is 1. The third kappa shape index (κ3) is 4.47. The van der Waals surface area contributed by atoms with Crippen LogP contribution in [-0.4, -0.2) is 61.5 Å². The second-order valence-electron chi connectivity index (χ2n) is 8.29. The Labute approximate surface area is 142 Å². The molecule has 2 heterocycles. The fourth-order valence-corrected chi connectivity index (χ4v) is 4.83. The highest BCUT2D eigenvalue weighted by Gasteiger charge is 2.34. The van der Waals surface area contributed by atoms with Gasteiger partial charge in [0.15, 0.2) is 0 Å². The Hall–Kier alpha value is -0.160. The van der Waals surface area contributed by atoms with Gasteiger partial charge in [-0.1, -0.05) is 19.8 Å². The van der Waals surface area contributed by atoms with Gasteiger partial charge in [-0.15, -0.1) is 0 Å². The lowest BCUT2D eigenvalue weighted by molar-refractivity contribution is -0.0181. The van der Waals surface area contributed by atoms with Crippen molar-refractivity contribution in [2.24, 2.45) is 11.3 Å². The first kappa shape index (κ1) is 17.7. The zero-order valence-electron chi connectivity index (χ0n) is 14.9. The van der Waals surface area contributed by atoms with E-state index in [1.54, 1.807) is 0 Å². The predicted octanol–water partition coefficient (Wildman–Crippen LogP) is 2.41. The first-order valence-electron chi connectivity index (χ1n) is 9.88. The molecular weight excluding hydrogens is 288 g/mol. The largest absolute Gasteiger partial charge is 0.396 e. The maximum Gasteiger partial charge on any atom is 0.0501 e. The summed E-state index contributed by atoms with van der Waals surface area (Å²) in [6.45, 7) is 7.81. The van der Waals surface area contributed by atoms with Gasteiger partial charge in [-0.05, 0) is 57.5 Å². The molecule has 4 heteroatoms. The highest BCUT2D eigenvalue weighted by atomic mass is 16.5. The van der Waals surface area contributed by atoms with Gasteiger partial charge in [-0.25, -0.2) is 0 Å². The molecule has 0 spiro atoms. The van der Waals surface area contributed by atoms with E-state index in [0.717, 1.165) is 44.6 Å². The topological polar surface area (TPSA) is 44.7 Å². The molecule has 0 aromatic rings. The van der Waals surface area contributed by atoms with Crippen LogP contribution < -0.4 is 5.32 Å². The maximum absolute atomic E-state index is 9.81. The molecule has 0 amide bonds. The lowest BCUT2D eigenvalue weighted by atomic mass is 9.80. The van der Waals surface area contributed by atoms with E-state index in [2.05, 4.69) is 17.1 Å². The molecule has 2 saturated heterocycles. The molecule has 0 bridgehead atoms. The average Bonchev–Trinajstić information content (AvgIpc) is 2.62. The van der Waals surface area contributed by atoms with E-state index in [4.69, 9.17) is 4.74 Å². The van der Waals surface area contributed by atoms with E-state index in [-0.39, 0.29) is 5.41 Å². The molecule has 3 fully saturated rings. The summed E-state index contributed by atoms with van der Waals surface area (Å²) in [4.78, 5) is 2.76. The number of nitrogens with zero attached hydrogens (tertiary/aromatic N) is 1. The fourth-order valence-electron chi connectivity index (χ4n) is 4.83. The summed E-state index contributed by atoms with van der Waals surface area (Å²) in [6.07, 6.45) is 10.2. The second kappa shape index (κ2) is 8.28. The SMILES string of the molecule is CC1CCCCC1N1CCC(NCC2(CO)CCOCC2)CC1. The van der Waals surface area contributed by atoms with Crippen molar-refractivity contribution in [3.8, 4) is 0 Å². The first-order valence-corrected chi connectivity index (χ1v) is 9.88. The third-order valence-electron chi connectivity index (χ3n) is 6.72. The Balaban J connectivity index is 1.42. The second-order valence-corrected chi connectivity index (χ2v) is 8.29. The number of hydrogen-bond donors (Lipinski definition) is 2. The molecular formula is C19H36N2O2. The predicted molar refractivity (Wildman–Crippen MR) is 93.6 cm³/mol. The quantitative estimate of drug-likeness (QED) is 0.815. The summed E-state index contributed by atoms with van der Waals surface area (Å²) in [5.41, 5.74) is 0.0628. The number of aliphatic hydroxyl groups is 1.